The molecule has 6 heteroatoms. The van der Waals surface area contributed by atoms with Crippen molar-refractivity contribution in [2.75, 3.05) is 25.5 Å². The van der Waals surface area contributed by atoms with E-state index in [9.17, 15) is 9.59 Å². The number of benzene rings is 2. The molecule has 2 aliphatic rings. The van der Waals surface area contributed by atoms with Gasteiger partial charge in [0, 0.05) is 41.9 Å². The third kappa shape index (κ3) is 3.82. The van der Waals surface area contributed by atoms with Gasteiger partial charge in [0.15, 0.2) is 5.78 Å². The number of ketones is 1. The number of likely N-dealkylation sites (tertiary alicyclic amines) is 1. The molecule has 3 aromatic rings. The second kappa shape index (κ2) is 7.84. The van der Waals surface area contributed by atoms with Crippen LogP contribution in [-0.4, -0.2) is 36.7 Å². The predicted molar refractivity (Wildman–Crippen MR) is 122 cm³/mol. The molecule has 0 radical (unpaired) electrons. The third-order valence-corrected chi connectivity index (χ3v) is 6.12. The van der Waals surface area contributed by atoms with E-state index in [1.165, 1.54) is 0 Å². The molecule has 5 rings (SSSR count). The van der Waals surface area contributed by atoms with Gasteiger partial charge in [-0.15, -0.1) is 0 Å². The fraction of sp³-hybridized carbons (Fsp3) is 0.200. The topological polar surface area (TPSA) is 62.6 Å². The lowest BCUT2D eigenvalue weighted by molar-refractivity contribution is -0.110. The molecule has 1 saturated heterocycles. The van der Waals surface area contributed by atoms with Crippen LogP contribution in [0.5, 0.6) is 0 Å². The highest BCUT2D eigenvalue weighted by molar-refractivity contribution is 6.35. The molecular weight excluding hydrogens is 412 g/mol. The van der Waals surface area contributed by atoms with Gasteiger partial charge in [0.2, 0.25) is 0 Å². The van der Waals surface area contributed by atoms with Gasteiger partial charge in [-0.25, -0.2) is 0 Å². The lowest BCUT2D eigenvalue weighted by atomic mass is 9.91. The molecule has 1 fully saturated rings. The number of fused-ring (bicyclic) bond motifs is 1. The number of halogens is 1. The molecule has 2 aromatic carbocycles. The fourth-order valence-corrected chi connectivity index (χ4v) is 4.45. The van der Waals surface area contributed by atoms with Crippen LogP contribution in [0, 0.1) is 5.92 Å². The molecule has 1 amide bonds. The number of Topliss-reactive ketones (excluding diaryl/α,β-unsaturated/α-hetero) is 1. The number of hydrogen-bond acceptors (Lipinski definition) is 4. The third-order valence-electron chi connectivity index (χ3n) is 5.79. The number of carbonyl (C=O) groups is 2. The summed E-state index contributed by atoms with van der Waals surface area (Å²) >= 11 is 6.32. The van der Waals surface area contributed by atoms with Gasteiger partial charge < -0.3 is 14.6 Å². The maximum Gasteiger partial charge on any atom is 0.256 e. The number of anilines is 1. The molecule has 2 aliphatic heterocycles. The first kappa shape index (κ1) is 19.8. The van der Waals surface area contributed by atoms with Gasteiger partial charge in [-0.3, -0.25) is 9.59 Å². The molecule has 156 valence electrons. The van der Waals surface area contributed by atoms with Crippen molar-refractivity contribution < 1.29 is 14.0 Å². The Hall–Kier alpha value is -3.15. The number of amides is 1. The van der Waals surface area contributed by atoms with Crippen molar-refractivity contribution in [3.8, 4) is 11.3 Å². The molecule has 1 aromatic heterocycles. The molecule has 31 heavy (non-hydrogen) atoms. The monoisotopic (exact) mass is 432 g/mol. The van der Waals surface area contributed by atoms with Gasteiger partial charge in [-0.1, -0.05) is 29.8 Å². The smallest absolute Gasteiger partial charge is 0.256 e. The zero-order chi connectivity index (χ0) is 21.5. The highest BCUT2D eigenvalue weighted by atomic mass is 35.5. The normalized spacial score (nSPS) is 17.5. The number of carbonyl (C=O) groups excluding carboxylic acids is 2. The second-order valence-electron chi connectivity index (χ2n) is 8.17. The Morgan fingerprint density at radius 1 is 1.19 bits per heavy atom. The van der Waals surface area contributed by atoms with Gasteiger partial charge >= 0.3 is 0 Å². The number of hydrogen-bond donors (Lipinski definition) is 1. The zero-order valence-corrected chi connectivity index (χ0v) is 17.8. The number of para-hydroxylation sites is 1. The van der Waals surface area contributed by atoms with E-state index >= 15 is 0 Å². The molecule has 0 atom stereocenters. The molecular formula is C25H21ClN2O3. The summed E-state index contributed by atoms with van der Waals surface area (Å²) in [4.78, 5) is 27.3. The maximum atomic E-state index is 12.8. The van der Waals surface area contributed by atoms with Gasteiger partial charge in [-0.2, -0.15) is 0 Å². The summed E-state index contributed by atoms with van der Waals surface area (Å²) in [5, 5.41) is 3.31. The Labute approximate surface area is 185 Å². The highest BCUT2D eigenvalue weighted by Crippen LogP contribution is 2.34. The van der Waals surface area contributed by atoms with Crippen molar-refractivity contribution >= 4 is 40.6 Å². The van der Waals surface area contributed by atoms with Crippen LogP contribution in [0.25, 0.3) is 23.0 Å². The predicted octanol–water partition coefficient (Wildman–Crippen LogP) is 5.23. The van der Waals surface area contributed by atoms with Crippen molar-refractivity contribution in [1.29, 1.82) is 0 Å². The van der Waals surface area contributed by atoms with Crippen molar-refractivity contribution in [3.63, 3.8) is 0 Å². The van der Waals surface area contributed by atoms with E-state index in [4.69, 9.17) is 16.0 Å². The average Bonchev–Trinajstić information content (AvgIpc) is 3.32. The highest BCUT2D eigenvalue weighted by Gasteiger charge is 2.27. The minimum absolute atomic E-state index is 0.0538. The Kier molecular flexibility index (Phi) is 5.00. The first-order valence-corrected chi connectivity index (χ1v) is 10.6. The number of rotatable bonds is 5. The summed E-state index contributed by atoms with van der Waals surface area (Å²) < 4.78 is 5.98. The number of nitrogens with one attached hydrogen (secondary N) is 1. The van der Waals surface area contributed by atoms with E-state index < -0.39 is 0 Å². The van der Waals surface area contributed by atoms with Crippen LogP contribution >= 0.6 is 11.6 Å². The summed E-state index contributed by atoms with van der Waals surface area (Å²) in [7, 11) is 2.05. The fourth-order valence-electron chi connectivity index (χ4n) is 4.23. The summed E-state index contributed by atoms with van der Waals surface area (Å²) in [5.41, 5.74) is 3.51. The van der Waals surface area contributed by atoms with Crippen molar-refractivity contribution in [3.05, 3.63) is 76.5 Å². The largest absolute Gasteiger partial charge is 0.457 e. The molecule has 0 unspecified atom stereocenters. The van der Waals surface area contributed by atoms with Crippen LogP contribution in [0.15, 0.2) is 59.0 Å². The van der Waals surface area contributed by atoms with E-state index in [1.54, 1.807) is 18.2 Å². The van der Waals surface area contributed by atoms with E-state index in [2.05, 4.69) is 10.2 Å². The number of nitrogens with zero attached hydrogens (tertiary/aromatic N) is 1. The molecule has 3 heterocycles. The second-order valence-corrected chi connectivity index (χ2v) is 8.58. The SMILES string of the molecule is CN1CC(CC(=O)c2cc(-c3ccc(/C=C4/C(=O)Nc5ccccc54)o3)ccc2Cl)C1. The molecule has 0 spiro atoms. The van der Waals surface area contributed by atoms with Crippen molar-refractivity contribution in [1.82, 2.24) is 4.90 Å². The van der Waals surface area contributed by atoms with E-state index in [0.717, 1.165) is 29.9 Å². The van der Waals surface area contributed by atoms with E-state index in [1.807, 2.05) is 49.5 Å². The molecule has 0 saturated carbocycles. The summed E-state index contributed by atoms with van der Waals surface area (Å²) in [6.07, 6.45) is 2.23. The maximum absolute atomic E-state index is 12.8. The van der Waals surface area contributed by atoms with Crippen LogP contribution in [0.2, 0.25) is 5.02 Å². The molecule has 0 bridgehead atoms. The molecule has 0 aliphatic carbocycles. The van der Waals surface area contributed by atoms with Crippen molar-refractivity contribution in [2.45, 2.75) is 6.42 Å². The Bertz CT molecular complexity index is 1220. The lowest BCUT2D eigenvalue weighted by Gasteiger charge is -2.35. The van der Waals surface area contributed by atoms with Gasteiger partial charge in [0.05, 0.1) is 10.6 Å². The van der Waals surface area contributed by atoms with Gasteiger partial charge in [0.1, 0.15) is 11.5 Å². The lowest BCUT2D eigenvalue weighted by Crippen LogP contribution is -2.44. The van der Waals surface area contributed by atoms with E-state index in [-0.39, 0.29) is 11.7 Å². The first-order valence-electron chi connectivity index (χ1n) is 10.2. The summed E-state index contributed by atoms with van der Waals surface area (Å²) in [6.45, 7) is 1.88. The Balaban J connectivity index is 1.40. The van der Waals surface area contributed by atoms with E-state index in [0.29, 0.717) is 40.0 Å². The summed E-state index contributed by atoms with van der Waals surface area (Å²) in [6, 6.07) is 16.6. The quantitative estimate of drug-likeness (QED) is 0.443. The minimum atomic E-state index is -0.153. The first-order chi connectivity index (χ1) is 15.0. The van der Waals surface area contributed by atoms with Crippen LogP contribution in [0.1, 0.15) is 28.1 Å². The molecule has 1 N–H and O–H groups in total. The van der Waals surface area contributed by atoms with Crippen LogP contribution < -0.4 is 5.32 Å². The van der Waals surface area contributed by atoms with Crippen LogP contribution in [0.3, 0.4) is 0 Å². The van der Waals surface area contributed by atoms with Crippen molar-refractivity contribution in [2.24, 2.45) is 5.92 Å². The Morgan fingerprint density at radius 2 is 2.00 bits per heavy atom. The van der Waals surface area contributed by atoms with Crippen LogP contribution in [-0.2, 0) is 4.79 Å². The van der Waals surface area contributed by atoms with Gasteiger partial charge in [-0.05, 0) is 55.4 Å². The zero-order valence-electron chi connectivity index (χ0n) is 17.0. The average molecular weight is 433 g/mol. The minimum Gasteiger partial charge on any atom is -0.457 e. The Morgan fingerprint density at radius 3 is 2.81 bits per heavy atom. The standard InChI is InChI=1S/C25H21ClN2O3/c1-28-13-15(14-28)10-23(29)20-11-16(6-8-21(20)26)24-9-7-17(31-24)12-19-18-4-2-3-5-22(18)27-25(19)30/h2-9,11-12,15H,10,13-14H2,1H3,(H,27,30)/b19-12+. The molecule has 5 nitrogen and oxygen atoms in total. The summed E-state index contributed by atoms with van der Waals surface area (Å²) in [5.74, 6) is 1.47. The number of furan rings is 1. The van der Waals surface area contributed by atoms with Crippen LogP contribution in [0.4, 0.5) is 5.69 Å². The van der Waals surface area contributed by atoms with Gasteiger partial charge in [0.25, 0.3) is 5.91 Å².